The van der Waals surface area contributed by atoms with Crippen LogP contribution in [0, 0.1) is 11.8 Å². The number of nitrogens with one attached hydrogen (secondary N) is 2. The average Bonchev–Trinajstić information content (AvgIpc) is 2.77. The van der Waals surface area contributed by atoms with Crippen molar-refractivity contribution in [2.24, 2.45) is 11.8 Å². The summed E-state index contributed by atoms with van der Waals surface area (Å²) in [6.07, 6.45) is 6.88. The number of methoxy groups -OCH3 is 1. The molecule has 0 radical (unpaired) electrons. The third-order valence-corrected chi connectivity index (χ3v) is 6.21. The van der Waals surface area contributed by atoms with Crippen molar-refractivity contribution in [1.29, 1.82) is 0 Å². The number of benzene rings is 1. The van der Waals surface area contributed by atoms with E-state index in [4.69, 9.17) is 4.74 Å². The molecule has 6 nitrogen and oxygen atoms in total. The molecule has 174 valence electrons. The maximum absolute atomic E-state index is 13.0. The van der Waals surface area contributed by atoms with Crippen LogP contribution in [0.4, 0.5) is 11.4 Å². The summed E-state index contributed by atoms with van der Waals surface area (Å²) in [5, 5.41) is 6.06. The molecular weight excluding hydrogens is 390 g/mol. The number of amides is 2. The molecule has 1 atom stereocenters. The van der Waals surface area contributed by atoms with E-state index >= 15 is 0 Å². The van der Waals surface area contributed by atoms with E-state index in [1.165, 1.54) is 0 Å². The smallest absolute Gasteiger partial charge is 0.253 e. The molecule has 31 heavy (non-hydrogen) atoms. The van der Waals surface area contributed by atoms with Gasteiger partial charge >= 0.3 is 0 Å². The van der Waals surface area contributed by atoms with Crippen LogP contribution in [0.3, 0.4) is 0 Å². The van der Waals surface area contributed by atoms with Crippen molar-refractivity contribution in [3.63, 3.8) is 0 Å². The van der Waals surface area contributed by atoms with Crippen LogP contribution in [0.5, 0.6) is 0 Å². The van der Waals surface area contributed by atoms with Crippen LogP contribution in [0.25, 0.3) is 0 Å². The lowest BCUT2D eigenvalue weighted by Crippen LogP contribution is -2.35. The van der Waals surface area contributed by atoms with Crippen LogP contribution in [0.2, 0.25) is 0 Å². The number of piperidine rings is 1. The van der Waals surface area contributed by atoms with Crippen molar-refractivity contribution in [3.8, 4) is 0 Å². The van der Waals surface area contributed by atoms with Crippen molar-refractivity contribution in [2.75, 3.05) is 43.6 Å². The normalized spacial score (nSPS) is 15.5. The summed E-state index contributed by atoms with van der Waals surface area (Å²) in [7, 11) is 1.66. The van der Waals surface area contributed by atoms with Crippen LogP contribution in [0.15, 0.2) is 18.2 Å². The summed E-state index contributed by atoms with van der Waals surface area (Å²) in [6, 6.07) is 5.76. The summed E-state index contributed by atoms with van der Waals surface area (Å²) < 4.78 is 5.08. The van der Waals surface area contributed by atoms with Gasteiger partial charge in [0.05, 0.1) is 5.56 Å². The van der Waals surface area contributed by atoms with Gasteiger partial charge in [-0.15, -0.1) is 0 Å². The molecule has 1 aromatic carbocycles. The van der Waals surface area contributed by atoms with Crippen LogP contribution < -0.4 is 15.5 Å². The third-order valence-electron chi connectivity index (χ3n) is 6.21. The highest BCUT2D eigenvalue weighted by molar-refractivity contribution is 6.02. The van der Waals surface area contributed by atoms with Crippen molar-refractivity contribution in [2.45, 2.75) is 65.7 Å². The maximum Gasteiger partial charge on any atom is 0.253 e. The molecule has 1 aliphatic rings. The van der Waals surface area contributed by atoms with Gasteiger partial charge in [0, 0.05) is 50.6 Å². The maximum atomic E-state index is 13.0. The molecule has 1 aromatic rings. The van der Waals surface area contributed by atoms with Crippen molar-refractivity contribution < 1.29 is 14.3 Å². The summed E-state index contributed by atoms with van der Waals surface area (Å²) in [4.78, 5) is 28.1. The van der Waals surface area contributed by atoms with Gasteiger partial charge < -0.3 is 20.3 Å². The molecule has 0 aromatic heterocycles. The van der Waals surface area contributed by atoms with Crippen LogP contribution in [0.1, 0.15) is 76.1 Å². The lowest BCUT2D eigenvalue weighted by molar-refractivity contribution is -0.120. The van der Waals surface area contributed by atoms with Gasteiger partial charge in [-0.1, -0.05) is 33.6 Å². The molecule has 6 heteroatoms. The Bertz CT molecular complexity index is 699. The molecule has 0 saturated carbocycles. The zero-order valence-corrected chi connectivity index (χ0v) is 19.8. The lowest BCUT2D eigenvalue weighted by Gasteiger charge is -2.33. The van der Waals surface area contributed by atoms with Crippen LogP contribution in [-0.2, 0) is 9.53 Å². The SMILES string of the molecule is CCCC[C@@H](CC)C(=O)Nc1ccc(N2CCC(C)CC2)c(C(=O)NCCCOC)c1. The molecule has 2 amide bonds. The van der Waals surface area contributed by atoms with Gasteiger partial charge in [0.1, 0.15) is 0 Å². The number of nitrogens with zero attached hydrogens (tertiary/aromatic N) is 1. The predicted molar refractivity (Wildman–Crippen MR) is 128 cm³/mol. The van der Waals surface area contributed by atoms with Crippen LogP contribution in [-0.4, -0.2) is 45.2 Å². The first kappa shape index (κ1) is 25.2. The van der Waals surface area contributed by atoms with E-state index in [9.17, 15) is 9.59 Å². The number of rotatable bonds is 12. The molecule has 2 rings (SSSR count). The highest BCUT2D eigenvalue weighted by Crippen LogP contribution is 2.29. The summed E-state index contributed by atoms with van der Waals surface area (Å²) in [5.74, 6) is 0.672. The van der Waals surface area contributed by atoms with Crippen molar-refractivity contribution >= 4 is 23.2 Å². The van der Waals surface area contributed by atoms with E-state index in [0.717, 1.165) is 69.6 Å². The molecule has 1 saturated heterocycles. The van der Waals surface area contributed by atoms with E-state index in [0.29, 0.717) is 24.4 Å². The van der Waals surface area contributed by atoms with Gasteiger partial charge in [-0.25, -0.2) is 0 Å². The Balaban J connectivity index is 2.18. The molecule has 1 aliphatic heterocycles. The summed E-state index contributed by atoms with van der Waals surface area (Å²) >= 11 is 0. The minimum Gasteiger partial charge on any atom is -0.385 e. The average molecular weight is 432 g/mol. The fourth-order valence-electron chi connectivity index (χ4n) is 4.05. The molecule has 0 bridgehead atoms. The second-order valence-electron chi connectivity index (χ2n) is 8.74. The van der Waals surface area contributed by atoms with Gasteiger partial charge in [0.15, 0.2) is 0 Å². The number of carbonyl (C=O) groups excluding carboxylic acids is 2. The Kier molecular flexibility index (Phi) is 10.9. The zero-order chi connectivity index (χ0) is 22.6. The molecule has 0 unspecified atom stereocenters. The molecular formula is C25H41N3O3. The van der Waals surface area contributed by atoms with E-state index in [-0.39, 0.29) is 17.7 Å². The first-order valence-corrected chi connectivity index (χ1v) is 12.0. The molecule has 0 spiro atoms. The summed E-state index contributed by atoms with van der Waals surface area (Å²) in [6.45, 7) is 9.55. The minimum absolute atomic E-state index is 0.00882. The Morgan fingerprint density at radius 2 is 1.94 bits per heavy atom. The van der Waals surface area contributed by atoms with E-state index in [2.05, 4.69) is 36.3 Å². The topological polar surface area (TPSA) is 70.7 Å². The Labute approximate surface area is 188 Å². The van der Waals surface area contributed by atoms with Crippen molar-refractivity contribution in [3.05, 3.63) is 23.8 Å². The van der Waals surface area contributed by atoms with Gasteiger partial charge in [0.2, 0.25) is 5.91 Å². The highest BCUT2D eigenvalue weighted by atomic mass is 16.5. The van der Waals surface area contributed by atoms with Gasteiger partial charge in [-0.05, 0) is 56.2 Å². The molecule has 1 heterocycles. The van der Waals surface area contributed by atoms with Gasteiger partial charge in [0.25, 0.3) is 5.91 Å². The molecule has 2 N–H and O–H groups in total. The molecule has 0 aliphatic carbocycles. The minimum atomic E-state index is -0.0983. The number of unbranched alkanes of at least 4 members (excludes halogenated alkanes) is 1. The van der Waals surface area contributed by atoms with Gasteiger partial charge in [-0.2, -0.15) is 0 Å². The van der Waals surface area contributed by atoms with E-state index in [1.807, 2.05) is 18.2 Å². The first-order valence-electron chi connectivity index (χ1n) is 12.0. The van der Waals surface area contributed by atoms with Crippen molar-refractivity contribution in [1.82, 2.24) is 5.32 Å². The number of hydrogen-bond donors (Lipinski definition) is 2. The first-order chi connectivity index (χ1) is 15.0. The zero-order valence-electron chi connectivity index (χ0n) is 19.8. The second-order valence-corrected chi connectivity index (χ2v) is 8.74. The monoisotopic (exact) mass is 431 g/mol. The fraction of sp³-hybridized carbons (Fsp3) is 0.680. The fourth-order valence-corrected chi connectivity index (χ4v) is 4.05. The number of ether oxygens (including phenoxy) is 1. The standard InChI is InChI=1S/C25H41N3O3/c1-5-7-9-20(6-2)24(29)27-21-10-11-23(28-15-12-19(3)13-16-28)22(18-21)25(30)26-14-8-17-31-4/h10-11,18-20H,5-9,12-17H2,1-4H3,(H,26,30)(H,27,29)/t20-/m1/s1. The Hall–Kier alpha value is -2.08. The quantitative estimate of drug-likeness (QED) is 0.464. The molecule has 1 fully saturated rings. The Morgan fingerprint density at radius 1 is 1.19 bits per heavy atom. The largest absolute Gasteiger partial charge is 0.385 e. The highest BCUT2D eigenvalue weighted by Gasteiger charge is 2.22. The number of carbonyl (C=O) groups is 2. The van der Waals surface area contributed by atoms with E-state index in [1.54, 1.807) is 7.11 Å². The third kappa shape index (κ3) is 7.84. The Morgan fingerprint density at radius 3 is 2.58 bits per heavy atom. The number of anilines is 2. The van der Waals surface area contributed by atoms with Gasteiger partial charge in [-0.3, -0.25) is 9.59 Å². The number of hydrogen-bond acceptors (Lipinski definition) is 4. The summed E-state index contributed by atoms with van der Waals surface area (Å²) in [5.41, 5.74) is 2.27. The lowest BCUT2D eigenvalue weighted by atomic mass is 9.97. The second kappa shape index (κ2) is 13.4. The van der Waals surface area contributed by atoms with E-state index < -0.39 is 0 Å². The predicted octanol–water partition coefficient (Wildman–Crippen LogP) is 4.84. The van der Waals surface area contributed by atoms with Crippen LogP contribution >= 0.6 is 0 Å².